The highest BCUT2D eigenvalue weighted by atomic mass is 35.5. The van der Waals surface area contributed by atoms with Crippen LogP contribution in [0.15, 0.2) is 35.7 Å². The van der Waals surface area contributed by atoms with Gasteiger partial charge in [-0.3, -0.25) is 4.79 Å². The molecule has 2 heterocycles. The van der Waals surface area contributed by atoms with E-state index in [0.717, 1.165) is 41.2 Å². The summed E-state index contributed by atoms with van der Waals surface area (Å²) in [5, 5.41) is 2.00. The molecule has 0 fully saturated rings. The number of nitrogen functional groups attached to an aromatic ring is 1. The minimum Gasteiger partial charge on any atom is -0.398 e. The first kappa shape index (κ1) is 14.9. The Morgan fingerprint density at radius 2 is 2.15 bits per heavy atom. The molecule has 0 unspecified atom stereocenters. The van der Waals surface area contributed by atoms with Crippen molar-refractivity contribution < 1.29 is 4.79 Å². The number of hydrogen-bond donors (Lipinski definition) is 1. The van der Waals surface area contributed by atoms with Crippen molar-refractivity contribution in [3.05, 3.63) is 46.2 Å². The molecule has 0 saturated carbocycles. The van der Waals surface area contributed by atoms with Crippen LogP contribution < -0.4 is 10.6 Å². The summed E-state index contributed by atoms with van der Waals surface area (Å²) in [5.74, 6) is 0.161. The molecule has 3 nitrogen and oxygen atoms in total. The van der Waals surface area contributed by atoms with Crippen LogP contribution in [0.4, 0.5) is 11.4 Å². The normalized spacial score (nSPS) is 13.5. The number of rotatable bonds is 2. The van der Waals surface area contributed by atoms with Gasteiger partial charge in [0.05, 0.1) is 6.42 Å². The number of benzene rings is 1. The maximum Gasteiger partial charge on any atom is 0.232 e. The summed E-state index contributed by atoms with van der Waals surface area (Å²) in [6.07, 6.45) is 2.42. The molecule has 3 rings (SSSR count). The molecule has 0 aliphatic carbocycles. The van der Waals surface area contributed by atoms with Gasteiger partial charge in [-0.15, -0.1) is 23.7 Å². The number of fused-ring (bicyclic) bond motifs is 1. The van der Waals surface area contributed by atoms with Gasteiger partial charge in [0.2, 0.25) is 5.91 Å². The molecule has 2 aromatic rings. The average molecular weight is 309 g/mol. The Morgan fingerprint density at radius 3 is 2.90 bits per heavy atom. The third-order valence-corrected chi connectivity index (χ3v) is 4.37. The van der Waals surface area contributed by atoms with E-state index < -0.39 is 0 Å². The van der Waals surface area contributed by atoms with Crippen molar-refractivity contribution in [3.63, 3.8) is 0 Å². The quantitative estimate of drug-likeness (QED) is 0.866. The molecule has 0 radical (unpaired) electrons. The molecule has 1 aromatic carbocycles. The zero-order chi connectivity index (χ0) is 13.2. The second-order valence-corrected chi connectivity index (χ2v) is 5.78. The fourth-order valence-electron chi connectivity index (χ4n) is 2.57. The van der Waals surface area contributed by atoms with Gasteiger partial charge >= 0.3 is 0 Å². The van der Waals surface area contributed by atoms with Gasteiger partial charge in [0.15, 0.2) is 0 Å². The standard InChI is InChI=1S/C15H16N2OS.ClH/c16-13-6-1-7-14-12(13)5-2-8-17(14)15(18)10-11-4-3-9-19-11;/h1,3-4,6-7,9H,2,5,8,10,16H2;1H. The van der Waals surface area contributed by atoms with Crippen LogP contribution in [-0.4, -0.2) is 12.5 Å². The second kappa shape index (κ2) is 6.29. The van der Waals surface area contributed by atoms with Crippen LogP contribution in [0, 0.1) is 0 Å². The molecule has 20 heavy (non-hydrogen) atoms. The second-order valence-electron chi connectivity index (χ2n) is 4.75. The Bertz CT molecular complexity index is 598. The van der Waals surface area contributed by atoms with E-state index in [-0.39, 0.29) is 18.3 Å². The lowest BCUT2D eigenvalue weighted by Gasteiger charge is -2.30. The molecule has 106 valence electrons. The van der Waals surface area contributed by atoms with Crippen LogP contribution in [0.5, 0.6) is 0 Å². The number of nitrogens with two attached hydrogens (primary N) is 1. The van der Waals surface area contributed by atoms with Gasteiger partial charge in [-0.05, 0) is 42.0 Å². The van der Waals surface area contributed by atoms with E-state index in [1.807, 2.05) is 40.6 Å². The maximum absolute atomic E-state index is 12.4. The third-order valence-electron chi connectivity index (χ3n) is 3.49. The lowest BCUT2D eigenvalue weighted by Crippen LogP contribution is -2.36. The molecule has 5 heteroatoms. The number of halogens is 1. The molecule has 1 aliphatic rings. The molecule has 2 N–H and O–H groups in total. The van der Waals surface area contributed by atoms with Crippen molar-refractivity contribution in [2.45, 2.75) is 19.3 Å². The van der Waals surface area contributed by atoms with Crippen LogP contribution in [0.25, 0.3) is 0 Å². The summed E-state index contributed by atoms with van der Waals surface area (Å²) >= 11 is 1.63. The van der Waals surface area contributed by atoms with Crippen LogP contribution in [-0.2, 0) is 17.6 Å². The number of nitrogens with zero attached hydrogens (tertiary/aromatic N) is 1. The molecular formula is C15H17ClN2OS. The van der Waals surface area contributed by atoms with Crippen molar-refractivity contribution in [2.24, 2.45) is 0 Å². The van der Waals surface area contributed by atoms with Gasteiger partial charge < -0.3 is 10.6 Å². The van der Waals surface area contributed by atoms with Gasteiger partial charge in [-0.2, -0.15) is 0 Å². The first-order valence-corrected chi connectivity index (χ1v) is 7.34. The van der Waals surface area contributed by atoms with Crippen molar-refractivity contribution in [1.82, 2.24) is 0 Å². The van der Waals surface area contributed by atoms with Crippen molar-refractivity contribution in [3.8, 4) is 0 Å². The zero-order valence-electron chi connectivity index (χ0n) is 11.0. The number of carbonyl (C=O) groups excluding carboxylic acids is 1. The van der Waals surface area contributed by atoms with Gasteiger partial charge in [0.1, 0.15) is 0 Å². The monoisotopic (exact) mass is 308 g/mol. The number of thiophene rings is 1. The Kier molecular flexibility index (Phi) is 4.68. The minimum atomic E-state index is 0. The van der Waals surface area contributed by atoms with E-state index >= 15 is 0 Å². The first-order valence-electron chi connectivity index (χ1n) is 6.46. The summed E-state index contributed by atoms with van der Waals surface area (Å²) in [5.41, 5.74) is 8.91. The van der Waals surface area contributed by atoms with E-state index in [2.05, 4.69) is 0 Å². The van der Waals surface area contributed by atoms with Crippen LogP contribution in [0.3, 0.4) is 0 Å². The largest absolute Gasteiger partial charge is 0.398 e. The minimum absolute atomic E-state index is 0. The number of amides is 1. The first-order chi connectivity index (χ1) is 9.25. The van der Waals surface area contributed by atoms with E-state index in [0.29, 0.717) is 6.42 Å². The average Bonchev–Trinajstić information content (AvgIpc) is 2.91. The zero-order valence-corrected chi connectivity index (χ0v) is 12.7. The Labute approximate surface area is 128 Å². The lowest BCUT2D eigenvalue weighted by atomic mass is 9.99. The van der Waals surface area contributed by atoms with E-state index in [4.69, 9.17) is 5.73 Å². The Morgan fingerprint density at radius 1 is 1.30 bits per heavy atom. The fraction of sp³-hybridized carbons (Fsp3) is 0.267. The molecule has 0 spiro atoms. The van der Waals surface area contributed by atoms with Gasteiger partial charge in [0.25, 0.3) is 0 Å². The van der Waals surface area contributed by atoms with E-state index in [1.54, 1.807) is 11.3 Å². The third kappa shape index (κ3) is 2.81. The highest BCUT2D eigenvalue weighted by molar-refractivity contribution is 7.10. The van der Waals surface area contributed by atoms with Crippen molar-refractivity contribution in [2.75, 3.05) is 17.2 Å². The number of carbonyl (C=O) groups is 1. The van der Waals surface area contributed by atoms with Crippen LogP contribution in [0.2, 0.25) is 0 Å². The molecule has 1 amide bonds. The molecule has 0 saturated heterocycles. The highest BCUT2D eigenvalue weighted by Crippen LogP contribution is 2.31. The SMILES string of the molecule is Cl.Nc1cccc2c1CCCN2C(=O)Cc1cccs1. The maximum atomic E-state index is 12.4. The van der Waals surface area contributed by atoms with Gasteiger partial charge in [0, 0.05) is 22.8 Å². The van der Waals surface area contributed by atoms with Crippen LogP contribution >= 0.6 is 23.7 Å². The topological polar surface area (TPSA) is 46.3 Å². The summed E-state index contributed by atoms with van der Waals surface area (Å²) in [6.45, 7) is 0.792. The summed E-state index contributed by atoms with van der Waals surface area (Å²) in [4.78, 5) is 15.4. The van der Waals surface area contributed by atoms with Gasteiger partial charge in [-0.25, -0.2) is 0 Å². The number of hydrogen-bond acceptors (Lipinski definition) is 3. The molecule has 1 aliphatic heterocycles. The van der Waals surface area contributed by atoms with E-state index in [9.17, 15) is 4.79 Å². The van der Waals surface area contributed by atoms with E-state index in [1.165, 1.54) is 0 Å². The van der Waals surface area contributed by atoms with Gasteiger partial charge in [-0.1, -0.05) is 12.1 Å². The van der Waals surface area contributed by atoms with Crippen molar-refractivity contribution in [1.29, 1.82) is 0 Å². The summed E-state index contributed by atoms with van der Waals surface area (Å²) in [7, 11) is 0. The van der Waals surface area contributed by atoms with Crippen LogP contribution in [0.1, 0.15) is 16.9 Å². The Hall–Kier alpha value is -1.52. The predicted octanol–water partition coefficient (Wildman–Crippen LogP) is 3.27. The summed E-state index contributed by atoms with van der Waals surface area (Å²) in [6, 6.07) is 9.82. The molecule has 0 atom stereocenters. The molecule has 1 aromatic heterocycles. The summed E-state index contributed by atoms with van der Waals surface area (Å²) < 4.78 is 0. The van der Waals surface area contributed by atoms with Crippen molar-refractivity contribution >= 4 is 41.0 Å². The molecular weight excluding hydrogens is 292 g/mol. The number of anilines is 2. The smallest absolute Gasteiger partial charge is 0.232 e. The predicted molar refractivity (Wildman–Crippen MR) is 86.8 cm³/mol. The lowest BCUT2D eigenvalue weighted by molar-refractivity contribution is -0.118. The Balaban J connectivity index is 0.00000147. The molecule has 0 bridgehead atoms. The fourth-order valence-corrected chi connectivity index (χ4v) is 3.26. The highest BCUT2D eigenvalue weighted by Gasteiger charge is 2.23.